The molecule has 3 aromatic rings. The van der Waals surface area contributed by atoms with Gasteiger partial charge in [-0.25, -0.2) is 8.42 Å². The largest absolute Gasteiger partial charge is 0.493 e. The normalized spacial score (nSPS) is 13.4. The second kappa shape index (κ2) is 10.8. The first kappa shape index (κ1) is 25.2. The van der Waals surface area contributed by atoms with Gasteiger partial charge in [-0.3, -0.25) is 9.10 Å². The molecule has 36 heavy (non-hydrogen) atoms. The van der Waals surface area contributed by atoms with Gasteiger partial charge in [-0.2, -0.15) is 0 Å². The van der Waals surface area contributed by atoms with Gasteiger partial charge in [-0.05, 0) is 48.9 Å². The maximum Gasteiger partial charge on any atom is 0.264 e. The number of ether oxygens (including phenoxy) is 4. The number of rotatable bonds is 9. The second-order valence-electron chi connectivity index (χ2n) is 8.06. The van der Waals surface area contributed by atoms with Gasteiger partial charge in [0.2, 0.25) is 5.91 Å². The van der Waals surface area contributed by atoms with E-state index in [9.17, 15) is 13.2 Å². The maximum absolute atomic E-state index is 13.6. The molecule has 0 radical (unpaired) electrons. The van der Waals surface area contributed by atoms with Crippen molar-refractivity contribution in [2.75, 3.05) is 38.3 Å². The highest BCUT2D eigenvalue weighted by Gasteiger charge is 2.28. The third-order valence-corrected chi connectivity index (χ3v) is 7.51. The standard InChI is InChI=1S/C26H28N2O7S/c1-18(19-9-11-23-25(15-19)35-14-13-34-23)27-26(29)17-28(36(30,31)21-7-5-4-6-8-21)20-10-12-22(32-2)24(16-20)33-3/h4-12,15-16,18H,13-14,17H2,1-3H3,(H,27,29). The first-order valence-corrected chi connectivity index (χ1v) is 12.8. The number of sulfonamides is 1. The predicted octanol–water partition coefficient (Wildman–Crippen LogP) is 3.55. The lowest BCUT2D eigenvalue weighted by molar-refractivity contribution is -0.120. The number of anilines is 1. The Morgan fingerprint density at radius 1 is 0.944 bits per heavy atom. The van der Waals surface area contributed by atoms with Gasteiger partial charge in [0.15, 0.2) is 23.0 Å². The molecule has 9 nitrogen and oxygen atoms in total. The van der Waals surface area contributed by atoms with Gasteiger partial charge < -0.3 is 24.3 Å². The van der Waals surface area contributed by atoms with E-state index in [4.69, 9.17) is 18.9 Å². The van der Waals surface area contributed by atoms with E-state index in [2.05, 4.69) is 5.32 Å². The summed E-state index contributed by atoms with van der Waals surface area (Å²) in [5.41, 5.74) is 1.06. The van der Waals surface area contributed by atoms with Crippen molar-refractivity contribution in [3.63, 3.8) is 0 Å². The van der Waals surface area contributed by atoms with E-state index in [-0.39, 0.29) is 10.6 Å². The predicted molar refractivity (Wildman–Crippen MR) is 135 cm³/mol. The molecule has 190 valence electrons. The van der Waals surface area contributed by atoms with E-state index in [0.717, 1.165) is 9.87 Å². The smallest absolute Gasteiger partial charge is 0.264 e. The first-order valence-electron chi connectivity index (χ1n) is 11.3. The fraction of sp³-hybridized carbons (Fsp3) is 0.269. The summed E-state index contributed by atoms with van der Waals surface area (Å²) in [6.45, 7) is 2.31. The van der Waals surface area contributed by atoms with Crippen LogP contribution in [0.3, 0.4) is 0 Å². The van der Waals surface area contributed by atoms with Crippen molar-refractivity contribution in [1.82, 2.24) is 5.32 Å². The van der Waals surface area contributed by atoms with Gasteiger partial charge in [0.25, 0.3) is 10.0 Å². The molecule has 10 heteroatoms. The third-order valence-electron chi connectivity index (χ3n) is 5.72. The Bertz CT molecular complexity index is 1330. The fourth-order valence-electron chi connectivity index (χ4n) is 3.84. The highest BCUT2D eigenvalue weighted by atomic mass is 32.2. The molecule has 4 rings (SSSR count). The Morgan fingerprint density at radius 3 is 2.33 bits per heavy atom. The minimum absolute atomic E-state index is 0.0625. The molecule has 0 spiro atoms. The maximum atomic E-state index is 13.6. The molecule has 1 aliphatic heterocycles. The monoisotopic (exact) mass is 512 g/mol. The first-order chi connectivity index (χ1) is 17.3. The Kier molecular flexibility index (Phi) is 7.54. The van der Waals surface area contributed by atoms with E-state index >= 15 is 0 Å². The lowest BCUT2D eigenvalue weighted by atomic mass is 10.1. The van der Waals surface area contributed by atoms with E-state index in [1.165, 1.54) is 32.4 Å². The number of amides is 1. The zero-order chi connectivity index (χ0) is 25.7. The third kappa shape index (κ3) is 5.33. The lowest BCUT2D eigenvalue weighted by Gasteiger charge is -2.26. The van der Waals surface area contributed by atoms with E-state index in [1.54, 1.807) is 36.4 Å². The second-order valence-corrected chi connectivity index (χ2v) is 9.92. The van der Waals surface area contributed by atoms with Crippen LogP contribution in [-0.4, -0.2) is 48.3 Å². The lowest BCUT2D eigenvalue weighted by Crippen LogP contribution is -2.41. The fourth-order valence-corrected chi connectivity index (χ4v) is 5.28. The molecule has 3 aromatic carbocycles. The molecular formula is C26H28N2O7S. The average molecular weight is 513 g/mol. The van der Waals surface area contributed by atoms with Crippen LogP contribution in [0.2, 0.25) is 0 Å². The van der Waals surface area contributed by atoms with Crippen LogP contribution in [0.4, 0.5) is 5.69 Å². The van der Waals surface area contributed by atoms with Gasteiger partial charge in [0, 0.05) is 6.07 Å². The number of fused-ring (bicyclic) bond motifs is 1. The van der Waals surface area contributed by atoms with Crippen molar-refractivity contribution in [2.45, 2.75) is 17.9 Å². The van der Waals surface area contributed by atoms with Crippen LogP contribution in [0, 0.1) is 0 Å². The summed E-state index contributed by atoms with van der Waals surface area (Å²) in [7, 11) is -1.12. The summed E-state index contributed by atoms with van der Waals surface area (Å²) in [6, 6.07) is 17.7. The number of nitrogens with zero attached hydrogens (tertiary/aromatic N) is 1. The van der Waals surface area contributed by atoms with Crippen LogP contribution >= 0.6 is 0 Å². The van der Waals surface area contributed by atoms with Gasteiger partial charge in [-0.1, -0.05) is 24.3 Å². The molecule has 1 amide bonds. The van der Waals surface area contributed by atoms with Gasteiger partial charge in [0.05, 0.1) is 30.8 Å². The Balaban J connectivity index is 1.61. The number of nitrogens with one attached hydrogen (secondary N) is 1. The quantitative estimate of drug-likeness (QED) is 0.468. The molecule has 0 fully saturated rings. The number of methoxy groups -OCH3 is 2. The molecule has 1 N–H and O–H groups in total. The molecule has 1 aliphatic rings. The van der Waals surface area contributed by atoms with E-state index < -0.39 is 28.5 Å². The van der Waals surface area contributed by atoms with Crippen LogP contribution in [0.15, 0.2) is 71.6 Å². The number of hydrogen-bond acceptors (Lipinski definition) is 7. The molecular weight excluding hydrogens is 484 g/mol. The van der Waals surface area contributed by atoms with Crippen molar-refractivity contribution in [3.05, 3.63) is 72.3 Å². The van der Waals surface area contributed by atoms with Gasteiger partial charge in [0.1, 0.15) is 19.8 Å². The topological polar surface area (TPSA) is 103 Å². The SMILES string of the molecule is COc1ccc(N(CC(=O)NC(C)c2ccc3c(c2)OCCO3)S(=O)(=O)c2ccccc2)cc1OC. The average Bonchev–Trinajstić information content (AvgIpc) is 2.91. The number of hydrogen-bond donors (Lipinski definition) is 1. The summed E-state index contributed by atoms with van der Waals surface area (Å²) in [5.74, 6) is 1.56. The summed E-state index contributed by atoms with van der Waals surface area (Å²) in [4.78, 5) is 13.2. The molecule has 1 heterocycles. The van der Waals surface area contributed by atoms with Crippen molar-refractivity contribution in [1.29, 1.82) is 0 Å². The minimum atomic E-state index is -4.07. The van der Waals surface area contributed by atoms with Crippen LogP contribution in [-0.2, 0) is 14.8 Å². The summed E-state index contributed by atoms with van der Waals surface area (Å²) in [5, 5.41) is 2.88. The molecule has 0 bridgehead atoms. The van der Waals surface area contributed by atoms with Crippen molar-refractivity contribution in [3.8, 4) is 23.0 Å². The zero-order valence-corrected chi connectivity index (χ0v) is 21.1. The van der Waals surface area contributed by atoms with Crippen LogP contribution in [0.5, 0.6) is 23.0 Å². The van der Waals surface area contributed by atoms with E-state index in [1.807, 2.05) is 19.1 Å². The van der Waals surface area contributed by atoms with Crippen molar-refractivity contribution >= 4 is 21.6 Å². The summed E-state index contributed by atoms with van der Waals surface area (Å²) >= 11 is 0. The highest BCUT2D eigenvalue weighted by Crippen LogP contribution is 2.34. The van der Waals surface area contributed by atoms with Crippen molar-refractivity contribution in [2.24, 2.45) is 0 Å². The Morgan fingerprint density at radius 2 is 1.64 bits per heavy atom. The number of carbonyl (C=O) groups excluding carboxylic acids is 1. The zero-order valence-electron chi connectivity index (χ0n) is 20.3. The van der Waals surface area contributed by atoms with Gasteiger partial charge >= 0.3 is 0 Å². The van der Waals surface area contributed by atoms with Gasteiger partial charge in [-0.15, -0.1) is 0 Å². The molecule has 0 saturated heterocycles. The van der Waals surface area contributed by atoms with Crippen LogP contribution < -0.4 is 28.6 Å². The molecule has 0 aliphatic carbocycles. The Labute approximate surface area is 210 Å². The van der Waals surface area contributed by atoms with Crippen LogP contribution in [0.25, 0.3) is 0 Å². The van der Waals surface area contributed by atoms with Crippen LogP contribution in [0.1, 0.15) is 18.5 Å². The molecule has 1 unspecified atom stereocenters. The molecule has 1 atom stereocenters. The van der Waals surface area contributed by atoms with Crippen molar-refractivity contribution < 1.29 is 32.2 Å². The highest BCUT2D eigenvalue weighted by molar-refractivity contribution is 7.92. The molecule has 0 saturated carbocycles. The van der Waals surface area contributed by atoms with E-state index in [0.29, 0.717) is 36.2 Å². The number of benzene rings is 3. The summed E-state index contributed by atoms with van der Waals surface area (Å²) in [6.07, 6.45) is 0. The molecule has 0 aromatic heterocycles. The minimum Gasteiger partial charge on any atom is -0.493 e. The summed E-state index contributed by atoms with van der Waals surface area (Å²) < 4.78 is 50.0. The Hall–Kier alpha value is -3.92. The number of carbonyl (C=O) groups is 1.